The Labute approximate surface area is 134 Å². The highest BCUT2D eigenvalue weighted by Gasteiger charge is 2.12. The van der Waals surface area contributed by atoms with Crippen molar-refractivity contribution < 1.29 is 4.74 Å². The highest BCUT2D eigenvalue weighted by atomic mass is 16.5. The number of nitrogens with one attached hydrogen (secondary N) is 1. The van der Waals surface area contributed by atoms with Crippen LogP contribution in [0.4, 0.5) is 0 Å². The second kappa shape index (κ2) is 8.66. The molecule has 122 valence electrons. The summed E-state index contributed by atoms with van der Waals surface area (Å²) in [5.74, 6) is 1.53. The minimum Gasteiger partial charge on any atom is -0.496 e. The Kier molecular flexibility index (Phi) is 6.56. The third kappa shape index (κ3) is 5.24. The first-order chi connectivity index (χ1) is 10.7. The Morgan fingerprint density at radius 2 is 2.00 bits per heavy atom. The minimum absolute atomic E-state index is 0.505. The van der Waals surface area contributed by atoms with Crippen molar-refractivity contribution in [2.75, 3.05) is 13.7 Å². The van der Waals surface area contributed by atoms with E-state index in [-0.39, 0.29) is 0 Å². The van der Waals surface area contributed by atoms with E-state index in [1.54, 1.807) is 7.11 Å². The molecule has 0 saturated heterocycles. The van der Waals surface area contributed by atoms with Gasteiger partial charge in [-0.1, -0.05) is 37.8 Å². The molecule has 0 aromatic heterocycles. The number of nitrogens with zero attached hydrogens (tertiary/aromatic N) is 1. The van der Waals surface area contributed by atoms with Crippen LogP contribution in [-0.2, 0) is 6.42 Å². The van der Waals surface area contributed by atoms with Crippen molar-refractivity contribution >= 4 is 5.96 Å². The molecule has 0 spiro atoms. The van der Waals surface area contributed by atoms with Gasteiger partial charge in [0.2, 0.25) is 0 Å². The van der Waals surface area contributed by atoms with E-state index in [2.05, 4.69) is 35.4 Å². The normalized spacial score (nSPS) is 17.1. The number of benzene rings is 1. The molecule has 0 heterocycles. The lowest BCUT2D eigenvalue weighted by molar-refractivity contribution is 0.411. The molecule has 1 aromatic carbocycles. The number of methoxy groups -OCH3 is 1. The molecule has 1 saturated carbocycles. The van der Waals surface area contributed by atoms with Gasteiger partial charge in [-0.05, 0) is 43.4 Å². The molecule has 0 amide bonds. The zero-order chi connectivity index (χ0) is 15.8. The summed E-state index contributed by atoms with van der Waals surface area (Å²) in [4.78, 5) is 4.46. The van der Waals surface area contributed by atoms with Crippen LogP contribution in [0.1, 0.15) is 49.7 Å². The molecule has 1 fully saturated rings. The van der Waals surface area contributed by atoms with Gasteiger partial charge in [-0.2, -0.15) is 0 Å². The van der Waals surface area contributed by atoms with Crippen LogP contribution in [0, 0.1) is 6.92 Å². The monoisotopic (exact) mass is 303 g/mol. The van der Waals surface area contributed by atoms with E-state index in [1.807, 2.05) is 0 Å². The van der Waals surface area contributed by atoms with Gasteiger partial charge >= 0.3 is 0 Å². The van der Waals surface area contributed by atoms with Gasteiger partial charge in [0.15, 0.2) is 5.96 Å². The quantitative estimate of drug-likeness (QED) is 0.499. The first-order valence-corrected chi connectivity index (χ1v) is 8.39. The summed E-state index contributed by atoms with van der Waals surface area (Å²) in [6, 6.07) is 6.80. The van der Waals surface area contributed by atoms with Gasteiger partial charge < -0.3 is 15.8 Å². The number of ether oxygens (including phenoxy) is 1. The Balaban J connectivity index is 1.80. The van der Waals surface area contributed by atoms with E-state index in [1.165, 1.54) is 44.1 Å². The predicted octanol–water partition coefficient (Wildman–Crippen LogP) is 3.17. The van der Waals surface area contributed by atoms with Crippen LogP contribution in [0.25, 0.3) is 0 Å². The van der Waals surface area contributed by atoms with Crippen LogP contribution < -0.4 is 15.8 Å². The van der Waals surface area contributed by atoms with Crippen molar-refractivity contribution in [2.24, 2.45) is 10.7 Å². The Bertz CT molecular complexity index is 491. The lowest BCUT2D eigenvalue weighted by atomic mass is 10.1. The van der Waals surface area contributed by atoms with Crippen molar-refractivity contribution in [1.29, 1.82) is 0 Å². The van der Waals surface area contributed by atoms with Gasteiger partial charge in [0.25, 0.3) is 0 Å². The number of aryl methyl sites for hydroxylation is 1. The Morgan fingerprint density at radius 1 is 1.27 bits per heavy atom. The molecule has 0 aliphatic heterocycles. The molecule has 0 unspecified atom stereocenters. The van der Waals surface area contributed by atoms with Gasteiger partial charge in [-0.25, -0.2) is 0 Å². The third-order valence-corrected chi connectivity index (χ3v) is 4.36. The zero-order valence-corrected chi connectivity index (χ0v) is 13.9. The first kappa shape index (κ1) is 16.7. The average molecular weight is 303 g/mol. The van der Waals surface area contributed by atoms with E-state index in [9.17, 15) is 0 Å². The molecule has 22 heavy (non-hydrogen) atoms. The van der Waals surface area contributed by atoms with Crippen molar-refractivity contribution in [1.82, 2.24) is 5.32 Å². The maximum atomic E-state index is 6.01. The second-order valence-electron chi connectivity index (χ2n) is 6.15. The van der Waals surface area contributed by atoms with E-state index < -0.39 is 0 Å². The number of guanidine groups is 1. The van der Waals surface area contributed by atoms with Crippen LogP contribution in [0.2, 0.25) is 0 Å². The fourth-order valence-electron chi connectivity index (χ4n) is 3.00. The van der Waals surface area contributed by atoms with E-state index in [4.69, 9.17) is 10.5 Å². The van der Waals surface area contributed by atoms with Crippen molar-refractivity contribution in [2.45, 2.75) is 57.9 Å². The number of hydrogen-bond donors (Lipinski definition) is 2. The van der Waals surface area contributed by atoms with Crippen LogP contribution in [-0.4, -0.2) is 25.7 Å². The molecule has 4 heteroatoms. The van der Waals surface area contributed by atoms with Crippen LogP contribution in [0.5, 0.6) is 5.75 Å². The second-order valence-corrected chi connectivity index (χ2v) is 6.15. The minimum atomic E-state index is 0.505. The molecule has 1 aromatic rings. The maximum absolute atomic E-state index is 6.01. The Morgan fingerprint density at radius 3 is 2.68 bits per heavy atom. The van der Waals surface area contributed by atoms with Gasteiger partial charge in [-0.15, -0.1) is 0 Å². The first-order valence-electron chi connectivity index (χ1n) is 8.39. The molecule has 1 aliphatic rings. The van der Waals surface area contributed by atoms with E-state index in [0.717, 1.165) is 17.7 Å². The largest absolute Gasteiger partial charge is 0.496 e. The highest BCUT2D eigenvalue weighted by Crippen LogP contribution is 2.19. The summed E-state index contributed by atoms with van der Waals surface area (Å²) in [5, 5.41) is 3.38. The molecule has 0 atom stereocenters. The summed E-state index contributed by atoms with van der Waals surface area (Å²) >= 11 is 0. The summed E-state index contributed by atoms with van der Waals surface area (Å²) in [6.07, 6.45) is 8.61. The SMILES string of the molecule is COc1cc(CCN=C(N)NC2CCCCCC2)ccc1C. The summed E-state index contributed by atoms with van der Waals surface area (Å²) in [5.41, 5.74) is 8.40. The van der Waals surface area contributed by atoms with E-state index >= 15 is 0 Å². The number of nitrogens with two attached hydrogens (primary N) is 1. The fourth-order valence-corrected chi connectivity index (χ4v) is 3.00. The summed E-state index contributed by atoms with van der Waals surface area (Å²) in [6.45, 7) is 2.76. The Hall–Kier alpha value is -1.71. The standard InChI is InChI=1S/C18H29N3O/c1-14-9-10-15(13-17(14)22-2)11-12-20-18(19)21-16-7-5-3-4-6-8-16/h9-10,13,16H,3-8,11-12H2,1-2H3,(H3,19,20,21). The van der Waals surface area contributed by atoms with Crippen molar-refractivity contribution in [3.63, 3.8) is 0 Å². The fraction of sp³-hybridized carbons (Fsp3) is 0.611. The lowest BCUT2D eigenvalue weighted by Crippen LogP contribution is -2.40. The number of aliphatic imine (C=N–C) groups is 1. The van der Waals surface area contributed by atoms with Crippen LogP contribution in [0.3, 0.4) is 0 Å². The van der Waals surface area contributed by atoms with Crippen LogP contribution >= 0.6 is 0 Å². The van der Waals surface area contributed by atoms with Crippen molar-refractivity contribution in [3.8, 4) is 5.75 Å². The van der Waals surface area contributed by atoms with Crippen molar-refractivity contribution in [3.05, 3.63) is 29.3 Å². The van der Waals surface area contributed by atoms with Gasteiger partial charge in [0, 0.05) is 12.6 Å². The number of hydrogen-bond acceptors (Lipinski definition) is 2. The van der Waals surface area contributed by atoms with Gasteiger partial charge in [0.1, 0.15) is 5.75 Å². The predicted molar refractivity (Wildman–Crippen MR) is 92.6 cm³/mol. The zero-order valence-electron chi connectivity index (χ0n) is 13.9. The third-order valence-electron chi connectivity index (χ3n) is 4.36. The smallest absolute Gasteiger partial charge is 0.188 e. The van der Waals surface area contributed by atoms with Gasteiger partial charge in [0.05, 0.1) is 7.11 Å². The lowest BCUT2D eigenvalue weighted by Gasteiger charge is -2.16. The molecular formula is C18H29N3O. The molecule has 2 rings (SSSR count). The number of rotatable bonds is 5. The molecule has 0 radical (unpaired) electrons. The summed E-state index contributed by atoms with van der Waals surface area (Å²) in [7, 11) is 1.71. The molecular weight excluding hydrogens is 274 g/mol. The molecule has 3 N–H and O–H groups in total. The topological polar surface area (TPSA) is 59.6 Å². The average Bonchev–Trinajstić information content (AvgIpc) is 2.77. The van der Waals surface area contributed by atoms with Gasteiger partial charge in [-0.3, -0.25) is 4.99 Å². The molecule has 4 nitrogen and oxygen atoms in total. The maximum Gasteiger partial charge on any atom is 0.188 e. The highest BCUT2D eigenvalue weighted by molar-refractivity contribution is 5.78. The van der Waals surface area contributed by atoms with E-state index in [0.29, 0.717) is 18.5 Å². The van der Waals surface area contributed by atoms with Crippen LogP contribution in [0.15, 0.2) is 23.2 Å². The summed E-state index contributed by atoms with van der Waals surface area (Å²) < 4.78 is 5.35. The molecule has 0 bridgehead atoms. The molecule has 1 aliphatic carbocycles.